The average molecular weight is 525 g/mol. The molecule has 4 rings (SSSR count). The number of hydrazine groups is 1. The molecule has 34 heavy (non-hydrogen) atoms. The average Bonchev–Trinajstić information content (AvgIpc) is 3.29. The molecule has 0 saturated carbocycles. The molecule has 2 heterocycles. The van der Waals surface area contributed by atoms with Gasteiger partial charge < -0.3 is 5.73 Å². The molecular formula is C19H18ClF5N6O2S. The van der Waals surface area contributed by atoms with Gasteiger partial charge in [-0.2, -0.15) is 22.9 Å². The van der Waals surface area contributed by atoms with Crippen LogP contribution in [0, 0.1) is 0 Å². The number of nitrogens with zero attached hydrogens (tertiary/aromatic N) is 2. The molecule has 2 aromatic rings. The van der Waals surface area contributed by atoms with E-state index in [1.807, 2.05) is 0 Å². The van der Waals surface area contributed by atoms with E-state index in [2.05, 4.69) is 15.8 Å². The van der Waals surface area contributed by atoms with Gasteiger partial charge in [0.05, 0.1) is 17.0 Å². The van der Waals surface area contributed by atoms with Gasteiger partial charge in [0.2, 0.25) is 21.8 Å². The number of halogens is 6. The number of alkyl halides is 5. The zero-order valence-corrected chi connectivity index (χ0v) is 18.7. The zero-order chi connectivity index (χ0) is 25.1. The maximum atomic E-state index is 14.0. The second-order valence-electron chi connectivity index (χ2n) is 7.86. The van der Waals surface area contributed by atoms with Crippen molar-refractivity contribution in [3.8, 4) is 11.1 Å². The summed E-state index contributed by atoms with van der Waals surface area (Å²) in [7, 11) is -4.25. The maximum absolute atomic E-state index is 14.0. The molecular weight excluding hydrogens is 507 g/mol. The Morgan fingerprint density at radius 2 is 1.79 bits per heavy atom. The quantitative estimate of drug-likeness (QED) is 0.456. The summed E-state index contributed by atoms with van der Waals surface area (Å²) in [6, 6.07) is 6.28. The lowest BCUT2D eigenvalue weighted by atomic mass is 9.95. The molecule has 0 bridgehead atoms. The minimum absolute atomic E-state index is 0.0406. The van der Waals surface area contributed by atoms with Gasteiger partial charge in [-0.05, 0) is 29.8 Å². The smallest absolute Gasteiger partial charge is 0.369 e. The molecule has 1 fully saturated rings. The molecule has 1 atom stereocenters. The van der Waals surface area contributed by atoms with Crippen LogP contribution < -0.4 is 22.3 Å². The van der Waals surface area contributed by atoms with E-state index >= 15 is 0 Å². The summed E-state index contributed by atoms with van der Waals surface area (Å²) in [6.45, 7) is -1.32. The van der Waals surface area contributed by atoms with Crippen molar-refractivity contribution in [2.24, 2.45) is 16.5 Å². The van der Waals surface area contributed by atoms with Crippen LogP contribution in [0.25, 0.3) is 11.1 Å². The van der Waals surface area contributed by atoms with E-state index in [1.165, 1.54) is 6.07 Å². The Kier molecular flexibility index (Phi) is 5.80. The Morgan fingerprint density at radius 3 is 2.29 bits per heavy atom. The van der Waals surface area contributed by atoms with Gasteiger partial charge >= 0.3 is 6.18 Å². The number of benzene rings is 2. The molecule has 1 unspecified atom stereocenters. The van der Waals surface area contributed by atoms with E-state index in [9.17, 15) is 30.4 Å². The summed E-state index contributed by atoms with van der Waals surface area (Å²) in [5, 5.41) is -0.327. The maximum Gasteiger partial charge on any atom is 0.417 e. The summed E-state index contributed by atoms with van der Waals surface area (Å²) >= 11 is 6.22. The molecule has 184 valence electrons. The third kappa shape index (κ3) is 4.43. The first kappa shape index (κ1) is 24.6. The Hall–Kier alpha value is -2.52. The van der Waals surface area contributed by atoms with Crippen molar-refractivity contribution < 1.29 is 30.4 Å². The van der Waals surface area contributed by atoms with Crippen molar-refractivity contribution in [3.05, 3.63) is 52.5 Å². The molecule has 6 N–H and O–H groups in total. The van der Waals surface area contributed by atoms with Crippen LogP contribution >= 0.6 is 11.6 Å². The van der Waals surface area contributed by atoms with Crippen molar-refractivity contribution >= 4 is 27.6 Å². The fourth-order valence-electron chi connectivity index (χ4n) is 3.74. The fraction of sp³-hybridized carbons (Fsp3) is 0.316. The standard InChI is InChI=1S/C19H18ClF5N6O2S/c20-14-8-11(19(27)28-16(26)29-30-19)7-13(18(23,24)25)15(14)10-1-3-12(4-2-10)34(32,33)31-6-5-17(21,22)9-31/h1-4,7-8,30H,5-6,9,27H2,(H3,26,28,29). The van der Waals surface area contributed by atoms with Gasteiger partial charge in [-0.3, -0.25) is 11.2 Å². The van der Waals surface area contributed by atoms with E-state index in [4.69, 9.17) is 23.1 Å². The van der Waals surface area contributed by atoms with Crippen LogP contribution in [-0.4, -0.2) is 37.7 Å². The molecule has 2 aliphatic heterocycles. The number of nitrogens with one attached hydrogen (secondary N) is 2. The Balaban J connectivity index is 1.75. The van der Waals surface area contributed by atoms with E-state index in [-0.39, 0.29) is 33.5 Å². The monoisotopic (exact) mass is 524 g/mol. The number of guanidine groups is 1. The van der Waals surface area contributed by atoms with Gasteiger partial charge in [-0.1, -0.05) is 23.7 Å². The van der Waals surface area contributed by atoms with Crippen LogP contribution in [0.3, 0.4) is 0 Å². The Morgan fingerprint density at radius 1 is 1.15 bits per heavy atom. The highest BCUT2D eigenvalue weighted by atomic mass is 35.5. The van der Waals surface area contributed by atoms with E-state index in [0.717, 1.165) is 30.3 Å². The topological polar surface area (TPSA) is 126 Å². The SMILES string of the molecule is NC1=NC(N)(c2cc(Cl)c(-c3ccc(S(=O)(=O)N4CCC(F)(F)C4)cc3)c(C(F)(F)F)c2)NN1. The third-order valence-electron chi connectivity index (χ3n) is 5.43. The third-order valence-corrected chi connectivity index (χ3v) is 7.59. The molecule has 0 spiro atoms. The molecule has 2 aliphatic rings. The van der Waals surface area contributed by atoms with Crippen molar-refractivity contribution in [2.75, 3.05) is 13.1 Å². The van der Waals surface area contributed by atoms with Crippen LogP contribution in [-0.2, 0) is 22.0 Å². The summed E-state index contributed by atoms with van der Waals surface area (Å²) in [4.78, 5) is 3.51. The van der Waals surface area contributed by atoms with E-state index < -0.39 is 52.0 Å². The lowest BCUT2D eigenvalue weighted by Crippen LogP contribution is -2.50. The van der Waals surface area contributed by atoms with Gasteiger partial charge in [-0.25, -0.2) is 22.2 Å². The second-order valence-corrected chi connectivity index (χ2v) is 10.2. The Labute approximate surface area is 195 Å². The lowest BCUT2D eigenvalue weighted by Gasteiger charge is -2.24. The zero-order valence-electron chi connectivity index (χ0n) is 17.1. The molecule has 8 nitrogen and oxygen atoms in total. The Bertz CT molecular complexity index is 1270. The molecule has 2 aromatic carbocycles. The summed E-state index contributed by atoms with van der Waals surface area (Å²) in [6.07, 6.45) is -5.47. The fourth-order valence-corrected chi connectivity index (χ4v) is 5.53. The number of nitrogens with two attached hydrogens (primary N) is 2. The van der Waals surface area contributed by atoms with Crippen LogP contribution in [0.1, 0.15) is 17.5 Å². The predicted molar refractivity (Wildman–Crippen MR) is 114 cm³/mol. The van der Waals surface area contributed by atoms with Crippen molar-refractivity contribution in [1.82, 2.24) is 15.2 Å². The number of rotatable bonds is 4. The van der Waals surface area contributed by atoms with Crippen LogP contribution in [0.4, 0.5) is 22.0 Å². The minimum atomic E-state index is -4.86. The highest BCUT2D eigenvalue weighted by Crippen LogP contribution is 2.43. The van der Waals surface area contributed by atoms with E-state index in [1.54, 1.807) is 0 Å². The lowest BCUT2D eigenvalue weighted by molar-refractivity contribution is -0.137. The van der Waals surface area contributed by atoms with Gasteiger partial charge in [0, 0.05) is 29.1 Å². The van der Waals surface area contributed by atoms with Crippen molar-refractivity contribution in [2.45, 2.75) is 29.2 Å². The van der Waals surface area contributed by atoms with Crippen LogP contribution in [0.5, 0.6) is 0 Å². The minimum Gasteiger partial charge on any atom is -0.369 e. The van der Waals surface area contributed by atoms with Gasteiger partial charge in [-0.15, -0.1) is 0 Å². The van der Waals surface area contributed by atoms with Crippen molar-refractivity contribution in [1.29, 1.82) is 0 Å². The van der Waals surface area contributed by atoms with Gasteiger partial charge in [0.25, 0.3) is 5.92 Å². The largest absolute Gasteiger partial charge is 0.417 e. The predicted octanol–water partition coefficient (Wildman–Crippen LogP) is 2.55. The summed E-state index contributed by atoms with van der Waals surface area (Å²) in [5.41, 5.74) is 14.6. The molecule has 0 aromatic heterocycles. The molecule has 0 radical (unpaired) electrons. The normalized spacial score (nSPS) is 23.1. The molecule has 0 amide bonds. The number of hydrogen-bond acceptors (Lipinski definition) is 7. The molecule has 15 heteroatoms. The van der Waals surface area contributed by atoms with Gasteiger partial charge in [0.15, 0.2) is 0 Å². The molecule has 0 aliphatic carbocycles. The summed E-state index contributed by atoms with van der Waals surface area (Å²) < 4.78 is 94.7. The van der Waals surface area contributed by atoms with Gasteiger partial charge in [0.1, 0.15) is 0 Å². The highest BCUT2D eigenvalue weighted by molar-refractivity contribution is 7.89. The second kappa shape index (κ2) is 8.02. The number of hydrogen-bond donors (Lipinski definition) is 4. The first-order valence-electron chi connectivity index (χ1n) is 9.69. The summed E-state index contributed by atoms with van der Waals surface area (Å²) in [5.74, 6) is -5.08. The first-order valence-corrected chi connectivity index (χ1v) is 11.5. The number of aliphatic imine (C=N–C) groups is 1. The van der Waals surface area contributed by atoms with Crippen LogP contribution in [0.2, 0.25) is 5.02 Å². The van der Waals surface area contributed by atoms with Crippen molar-refractivity contribution in [3.63, 3.8) is 0 Å². The van der Waals surface area contributed by atoms with Crippen LogP contribution in [0.15, 0.2) is 46.3 Å². The van der Waals surface area contributed by atoms with E-state index in [0.29, 0.717) is 4.31 Å². The highest BCUT2D eigenvalue weighted by Gasteiger charge is 2.44. The molecule has 1 saturated heterocycles. The first-order chi connectivity index (χ1) is 15.6. The number of sulfonamides is 1.